The van der Waals surface area contributed by atoms with E-state index >= 15 is 0 Å². The number of thioether (sulfide) groups is 1. The Morgan fingerprint density at radius 2 is 2.38 bits per heavy atom. The van der Waals surface area contributed by atoms with Gasteiger partial charge in [-0.3, -0.25) is 0 Å². The molecule has 0 aliphatic carbocycles. The number of rotatable bonds is 7. The van der Waals surface area contributed by atoms with E-state index < -0.39 is 0 Å². The molecule has 0 radical (unpaired) electrons. The predicted octanol–water partition coefficient (Wildman–Crippen LogP) is 2.56. The Morgan fingerprint density at radius 3 is 3.05 bits per heavy atom. The molecule has 1 aromatic rings. The largest absolute Gasteiger partial charge is 0.383 e. The highest BCUT2D eigenvalue weighted by atomic mass is 32.2. The van der Waals surface area contributed by atoms with E-state index in [4.69, 9.17) is 9.47 Å². The molecular weight excluding hydrogens is 284 g/mol. The minimum atomic E-state index is 0.261. The molecule has 21 heavy (non-hydrogen) atoms. The Hall–Kier alpha value is -1.06. The summed E-state index contributed by atoms with van der Waals surface area (Å²) in [5, 5.41) is 13.1. The molecule has 2 unspecified atom stereocenters. The summed E-state index contributed by atoms with van der Waals surface area (Å²) in [7, 11) is 1.69. The highest BCUT2D eigenvalue weighted by Gasteiger charge is 2.25. The van der Waals surface area contributed by atoms with Crippen LogP contribution in [0.15, 0.2) is 23.1 Å². The van der Waals surface area contributed by atoms with Gasteiger partial charge in [-0.15, -0.1) is 11.8 Å². The van der Waals surface area contributed by atoms with Crippen molar-refractivity contribution in [2.45, 2.75) is 36.1 Å². The lowest BCUT2D eigenvalue weighted by Crippen LogP contribution is -2.18. The smallest absolute Gasteiger partial charge is 0.100 e. The Bertz CT molecular complexity index is 502. The van der Waals surface area contributed by atoms with Crippen molar-refractivity contribution in [3.05, 3.63) is 29.3 Å². The van der Waals surface area contributed by atoms with Crippen LogP contribution in [0.5, 0.6) is 0 Å². The maximum absolute atomic E-state index is 9.36. The van der Waals surface area contributed by atoms with E-state index in [1.165, 1.54) is 0 Å². The van der Waals surface area contributed by atoms with Gasteiger partial charge in [0.2, 0.25) is 0 Å². The number of ether oxygens (including phenoxy) is 2. The summed E-state index contributed by atoms with van der Waals surface area (Å²) in [5.74, 6) is 0. The monoisotopic (exact) mass is 306 g/mol. The van der Waals surface area contributed by atoms with Crippen LogP contribution >= 0.6 is 11.8 Å². The van der Waals surface area contributed by atoms with Crippen LogP contribution in [-0.4, -0.2) is 38.2 Å². The third-order valence-electron chi connectivity index (χ3n) is 3.56. The van der Waals surface area contributed by atoms with Gasteiger partial charge in [-0.2, -0.15) is 5.26 Å². The van der Waals surface area contributed by atoms with Crippen LogP contribution < -0.4 is 5.32 Å². The van der Waals surface area contributed by atoms with Gasteiger partial charge in [0.1, 0.15) is 6.07 Å². The van der Waals surface area contributed by atoms with Crippen molar-refractivity contribution in [1.29, 1.82) is 5.26 Å². The van der Waals surface area contributed by atoms with E-state index in [1.807, 2.05) is 6.07 Å². The van der Waals surface area contributed by atoms with Crippen molar-refractivity contribution in [2.75, 3.05) is 26.9 Å². The van der Waals surface area contributed by atoms with Crippen LogP contribution in [0.3, 0.4) is 0 Å². The minimum Gasteiger partial charge on any atom is -0.383 e. The van der Waals surface area contributed by atoms with Crippen LogP contribution in [0.4, 0.5) is 0 Å². The van der Waals surface area contributed by atoms with Crippen molar-refractivity contribution >= 4 is 11.8 Å². The number of nitrogens with zero attached hydrogens (tertiary/aromatic N) is 1. The number of nitrogens with one attached hydrogen (secondary N) is 1. The van der Waals surface area contributed by atoms with Crippen molar-refractivity contribution in [1.82, 2.24) is 5.32 Å². The molecule has 1 heterocycles. The van der Waals surface area contributed by atoms with E-state index in [2.05, 4.69) is 30.4 Å². The van der Waals surface area contributed by atoms with Crippen LogP contribution in [0, 0.1) is 11.3 Å². The number of hydrogen-bond acceptors (Lipinski definition) is 5. The zero-order valence-electron chi connectivity index (χ0n) is 12.6. The first-order chi connectivity index (χ1) is 10.2. The molecule has 0 aromatic heterocycles. The van der Waals surface area contributed by atoms with Gasteiger partial charge < -0.3 is 14.8 Å². The van der Waals surface area contributed by atoms with E-state index in [0.29, 0.717) is 11.9 Å². The maximum Gasteiger partial charge on any atom is 0.100 e. The summed E-state index contributed by atoms with van der Waals surface area (Å²) >= 11 is 1.76. The van der Waals surface area contributed by atoms with Gasteiger partial charge in [-0.25, -0.2) is 0 Å². The molecular formula is C16H22N2O2S. The fourth-order valence-electron chi connectivity index (χ4n) is 2.31. The van der Waals surface area contributed by atoms with E-state index in [1.54, 1.807) is 18.9 Å². The van der Waals surface area contributed by atoms with Crippen molar-refractivity contribution in [3.63, 3.8) is 0 Å². The molecule has 0 amide bonds. The third kappa shape index (κ3) is 4.72. The first-order valence-electron chi connectivity index (χ1n) is 7.25. The Kier molecular flexibility index (Phi) is 6.52. The SMILES string of the molecule is COCCNCc1ccc(SC2CCOC2C)c(C#N)c1. The fourth-order valence-corrected chi connectivity index (χ4v) is 3.50. The van der Waals surface area contributed by atoms with Crippen LogP contribution in [0.2, 0.25) is 0 Å². The molecule has 2 rings (SSSR count). The molecule has 1 aliphatic rings. The zero-order chi connectivity index (χ0) is 15.1. The average Bonchev–Trinajstić information content (AvgIpc) is 2.90. The second-order valence-corrected chi connectivity index (χ2v) is 6.41. The second kappa shape index (κ2) is 8.40. The third-order valence-corrected chi connectivity index (χ3v) is 5.09. The molecule has 5 heteroatoms. The lowest BCUT2D eigenvalue weighted by Gasteiger charge is -2.15. The number of nitriles is 1. The molecule has 0 bridgehead atoms. The Labute approximate surface area is 130 Å². The van der Waals surface area contributed by atoms with Crippen LogP contribution in [-0.2, 0) is 16.0 Å². The van der Waals surface area contributed by atoms with E-state index in [9.17, 15) is 5.26 Å². The van der Waals surface area contributed by atoms with Crippen molar-refractivity contribution in [2.24, 2.45) is 0 Å². The normalized spacial score (nSPS) is 21.4. The molecule has 1 fully saturated rings. The van der Waals surface area contributed by atoms with Gasteiger partial charge in [-0.05, 0) is 31.0 Å². The van der Waals surface area contributed by atoms with Gasteiger partial charge in [0.15, 0.2) is 0 Å². The topological polar surface area (TPSA) is 54.3 Å². The summed E-state index contributed by atoms with van der Waals surface area (Å²) in [6.07, 6.45) is 1.31. The zero-order valence-corrected chi connectivity index (χ0v) is 13.4. The maximum atomic E-state index is 9.36. The van der Waals surface area contributed by atoms with Crippen molar-refractivity contribution < 1.29 is 9.47 Å². The fraction of sp³-hybridized carbons (Fsp3) is 0.562. The average molecular weight is 306 g/mol. The van der Waals surface area contributed by atoms with Crippen LogP contribution in [0.25, 0.3) is 0 Å². The summed E-state index contributed by atoms with van der Waals surface area (Å²) in [6, 6.07) is 8.43. The molecule has 2 atom stereocenters. The first kappa shape index (κ1) is 16.3. The van der Waals surface area contributed by atoms with Crippen molar-refractivity contribution in [3.8, 4) is 6.07 Å². The lowest BCUT2D eigenvalue weighted by atomic mass is 10.1. The molecule has 1 aromatic carbocycles. The number of methoxy groups -OCH3 is 1. The molecule has 1 N–H and O–H groups in total. The summed E-state index contributed by atoms with van der Waals surface area (Å²) in [4.78, 5) is 1.06. The Morgan fingerprint density at radius 1 is 1.52 bits per heavy atom. The van der Waals surface area contributed by atoms with Gasteiger partial charge in [0.25, 0.3) is 0 Å². The van der Waals surface area contributed by atoms with E-state index in [-0.39, 0.29) is 6.10 Å². The number of benzene rings is 1. The summed E-state index contributed by atoms with van der Waals surface area (Å²) < 4.78 is 10.6. The standard InChI is InChI=1S/C16H22N2O2S/c1-12-15(5-7-20-12)21-16-4-3-13(9-14(16)10-17)11-18-6-8-19-2/h3-4,9,12,15,18H,5-8,11H2,1-2H3. The van der Waals surface area contributed by atoms with Gasteiger partial charge in [0, 0.05) is 37.0 Å². The predicted molar refractivity (Wildman–Crippen MR) is 84.4 cm³/mol. The molecule has 1 aliphatic heterocycles. The summed E-state index contributed by atoms with van der Waals surface area (Å²) in [5.41, 5.74) is 1.88. The van der Waals surface area contributed by atoms with Gasteiger partial charge in [0.05, 0.1) is 18.3 Å². The highest BCUT2D eigenvalue weighted by molar-refractivity contribution is 8.00. The van der Waals surface area contributed by atoms with Crippen LogP contribution in [0.1, 0.15) is 24.5 Å². The number of hydrogen-bond donors (Lipinski definition) is 1. The summed E-state index contributed by atoms with van der Waals surface area (Å²) in [6.45, 7) is 5.18. The molecule has 4 nitrogen and oxygen atoms in total. The lowest BCUT2D eigenvalue weighted by molar-refractivity contribution is 0.127. The highest BCUT2D eigenvalue weighted by Crippen LogP contribution is 2.34. The minimum absolute atomic E-state index is 0.261. The van der Waals surface area contributed by atoms with Gasteiger partial charge >= 0.3 is 0 Å². The Balaban J connectivity index is 1.97. The van der Waals surface area contributed by atoms with Gasteiger partial charge in [-0.1, -0.05) is 6.07 Å². The second-order valence-electron chi connectivity index (χ2n) is 5.13. The quantitative estimate of drug-likeness (QED) is 0.785. The molecule has 0 saturated carbocycles. The first-order valence-corrected chi connectivity index (χ1v) is 8.13. The molecule has 1 saturated heterocycles. The molecule has 0 spiro atoms. The molecule has 114 valence electrons. The van der Waals surface area contributed by atoms with E-state index in [0.717, 1.165) is 42.1 Å².